The SMILES string of the molecule is CCCCCCc1cccc(C(C)C(=O)O)c1C(C)C(=O)O. The summed E-state index contributed by atoms with van der Waals surface area (Å²) < 4.78 is 0. The number of hydrogen-bond acceptors (Lipinski definition) is 2. The van der Waals surface area contributed by atoms with Crippen LogP contribution in [0.5, 0.6) is 0 Å². The molecular formula is C18H26O4. The van der Waals surface area contributed by atoms with Gasteiger partial charge >= 0.3 is 11.9 Å². The molecule has 1 aromatic carbocycles. The van der Waals surface area contributed by atoms with Crippen molar-refractivity contribution < 1.29 is 19.8 Å². The van der Waals surface area contributed by atoms with Gasteiger partial charge in [-0.05, 0) is 43.4 Å². The fourth-order valence-electron chi connectivity index (χ4n) is 2.76. The molecule has 122 valence electrons. The van der Waals surface area contributed by atoms with Gasteiger partial charge in [-0.1, -0.05) is 44.4 Å². The number of hydrogen-bond donors (Lipinski definition) is 2. The van der Waals surface area contributed by atoms with E-state index in [1.165, 1.54) is 0 Å². The third-order valence-corrected chi connectivity index (χ3v) is 4.17. The second kappa shape index (κ2) is 8.57. The first-order valence-corrected chi connectivity index (χ1v) is 7.97. The average molecular weight is 306 g/mol. The number of carboxylic acid groups (broad SMARTS) is 2. The Balaban J connectivity index is 3.16. The lowest BCUT2D eigenvalue weighted by molar-refractivity contribution is -0.140. The molecule has 0 heterocycles. The van der Waals surface area contributed by atoms with Crippen LogP contribution in [0.3, 0.4) is 0 Å². The summed E-state index contributed by atoms with van der Waals surface area (Å²) in [5.41, 5.74) is 2.27. The maximum absolute atomic E-state index is 11.4. The summed E-state index contributed by atoms with van der Waals surface area (Å²) in [6.07, 6.45) is 5.21. The Morgan fingerprint density at radius 2 is 1.64 bits per heavy atom. The first-order chi connectivity index (χ1) is 10.4. The van der Waals surface area contributed by atoms with Gasteiger partial charge in [0, 0.05) is 0 Å². The number of carbonyl (C=O) groups is 2. The molecule has 0 aromatic heterocycles. The van der Waals surface area contributed by atoms with E-state index in [4.69, 9.17) is 0 Å². The predicted octanol–water partition coefficient (Wildman–Crippen LogP) is 4.19. The Morgan fingerprint density at radius 3 is 2.18 bits per heavy atom. The summed E-state index contributed by atoms with van der Waals surface area (Å²) in [6.45, 7) is 5.38. The molecule has 22 heavy (non-hydrogen) atoms. The van der Waals surface area contributed by atoms with Gasteiger partial charge in [0.05, 0.1) is 11.8 Å². The topological polar surface area (TPSA) is 74.6 Å². The van der Waals surface area contributed by atoms with Crippen molar-refractivity contribution in [3.05, 3.63) is 34.9 Å². The third kappa shape index (κ3) is 4.58. The lowest BCUT2D eigenvalue weighted by Crippen LogP contribution is -2.17. The maximum atomic E-state index is 11.4. The number of benzene rings is 1. The number of aliphatic carboxylic acids is 2. The molecule has 0 aliphatic heterocycles. The minimum absolute atomic E-state index is 0.621. The predicted molar refractivity (Wildman–Crippen MR) is 86.4 cm³/mol. The van der Waals surface area contributed by atoms with E-state index in [9.17, 15) is 19.8 Å². The zero-order valence-electron chi connectivity index (χ0n) is 13.6. The molecule has 0 spiro atoms. The minimum Gasteiger partial charge on any atom is -0.481 e. The van der Waals surface area contributed by atoms with Crippen molar-refractivity contribution in [3.8, 4) is 0 Å². The van der Waals surface area contributed by atoms with Gasteiger partial charge in [0.2, 0.25) is 0 Å². The second-order valence-electron chi connectivity index (χ2n) is 5.85. The van der Waals surface area contributed by atoms with Crippen LogP contribution >= 0.6 is 0 Å². The minimum atomic E-state index is -0.929. The summed E-state index contributed by atoms with van der Waals surface area (Å²) >= 11 is 0. The van der Waals surface area contributed by atoms with E-state index in [1.54, 1.807) is 19.9 Å². The van der Waals surface area contributed by atoms with Crippen molar-refractivity contribution in [3.63, 3.8) is 0 Å². The summed E-state index contributed by atoms with van der Waals surface area (Å²) in [4.78, 5) is 22.7. The van der Waals surface area contributed by atoms with E-state index in [0.29, 0.717) is 11.1 Å². The highest BCUT2D eigenvalue weighted by molar-refractivity contribution is 5.80. The molecule has 0 radical (unpaired) electrons. The Labute approximate surface area is 132 Å². The van der Waals surface area contributed by atoms with Crippen molar-refractivity contribution in [2.45, 2.75) is 64.7 Å². The van der Waals surface area contributed by atoms with E-state index in [2.05, 4.69) is 6.92 Å². The first kappa shape index (κ1) is 18.2. The van der Waals surface area contributed by atoms with Crippen LogP contribution in [0.1, 0.15) is 75.0 Å². The van der Waals surface area contributed by atoms with Crippen LogP contribution in [0.2, 0.25) is 0 Å². The van der Waals surface area contributed by atoms with Gasteiger partial charge in [0.25, 0.3) is 0 Å². The summed E-state index contributed by atoms with van der Waals surface area (Å²) in [7, 11) is 0. The van der Waals surface area contributed by atoms with Gasteiger partial charge in [-0.25, -0.2) is 0 Å². The van der Waals surface area contributed by atoms with Gasteiger partial charge in [0.15, 0.2) is 0 Å². The zero-order valence-corrected chi connectivity index (χ0v) is 13.6. The van der Waals surface area contributed by atoms with Gasteiger partial charge in [0.1, 0.15) is 0 Å². The van der Waals surface area contributed by atoms with Crippen molar-refractivity contribution >= 4 is 11.9 Å². The lowest BCUT2D eigenvalue weighted by Gasteiger charge is -2.20. The van der Waals surface area contributed by atoms with Crippen LogP contribution in [-0.4, -0.2) is 22.2 Å². The molecule has 2 atom stereocenters. The van der Waals surface area contributed by atoms with Crippen molar-refractivity contribution in [2.75, 3.05) is 0 Å². The van der Waals surface area contributed by atoms with Crippen LogP contribution in [0.4, 0.5) is 0 Å². The molecule has 1 rings (SSSR count). The van der Waals surface area contributed by atoms with Crippen LogP contribution < -0.4 is 0 Å². The molecule has 1 aromatic rings. The molecule has 0 amide bonds. The van der Waals surface area contributed by atoms with Crippen molar-refractivity contribution in [1.29, 1.82) is 0 Å². The van der Waals surface area contributed by atoms with Crippen LogP contribution in [0.25, 0.3) is 0 Å². The first-order valence-electron chi connectivity index (χ1n) is 7.97. The van der Waals surface area contributed by atoms with Crippen LogP contribution in [-0.2, 0) is 16.0 Å². The third-order valence-electron chi connectivity index (χ3n) is 4.17. The normalized spacial score (nSPS) is 13.6. The van der Waals surface area contributed by atoms with Gasteiger partial charge in [-0.3, -0.25) is 9.59 Å². The van der Waals surface area contributed by atoms with Crippen LogP contribution in [0.15, 0.2) is 18.2 Å². The quantitative estimate of drug-likeness (QED) is 0.671. The molecule has 0 aliphatic rings. The smallest absolute Gasteiger partial charge is 0.310 e. The number of aryl methyl sites for hydroxylation is 1. The summed E-state index contributed by atoms with van der Waals surface area (Å²) in [5, 5.41) is 18.6. The van der Waals surface area contributed by atoms with E-state index in [-0.39, 0.29) is 0 Å². The zero-order chi connectivity index (χ0) is 16.7. The van der Waals surface area contributed by atoms with Gasteiger partial charge in [-0.15, -0.1) is 0 Å². The molecule has 2 N–H and O–H groups in total. The fourth-order valence-corrected chi connectivity index (χ4v) is 2.76. The van der Waals surface area contributed by atoms with E-state index in [1.807, 2.05) is 12.1 Å². The highest BCUT2D eigenvalue weighted by Crippen LogP contribution is 2.31. The van der Waals surface area contributed by atoms with Gasteiger partial charge < -0.3 is 10.2 Å². The highest BCUT2D eigenvalue weighted by atomic mass is 16.4. The summed E-state index contributed by atoms with van der Waals surface area (Å²) in [6, 6.07) is 5.50. The number of unbranched alkanes of at least 4 members (excludes halogenated alkanes) is 3. The van der Waals surface area contributed by atoms with E-state index in [0.717, 1.165) is 37.7 Å². The van der Waals surface area contributed by atoms with Crippen LogP contribution in [0, 0.1) is 0 Å². The average Bonchev–Trinajstić information content (AvgIpc) is 2.49. The number of rotatable bonds is 9. The Hall–Kier alpha value is -1.84. The molecule has 0 aliphatic carbocycles. The van der Waals surface area contributed by atoms with E-state index < -0.39 is 23.8 Å². The number of carboxylic acids is 2. The lowest BCUT2D eigenvalue weighted by atomic mass is 9.84. The molecule has 0 bridgehead atoms. The molecule has 0 saturated carbocycles. The maximum Gasteiger partial charge on any atom is 0.310 e. The molecular weight excluding hydrogens is 280 g/mol. The van der Waals surface area contributed by atoms with Gasteiger partial charge in [-0.2, -0.15) is 0 Å². The second-order valence-corrected chi connectivity index (χ2v) is 5.85. The van der Waals surface area contributed by atoms with Crippen molar-refractivity contribution in [2.24, 2.45) is 0 Å². The molecule has 0 saturated heterocycles. The standard InChI is InChI=1S/C18H26O4/c1-4-5-6-7-9-14-10-8-11-15(12(2)17(19)20)16(14)13(3)18(21)22/h8,10-13H,4-7,9H2,1-3H3,(H,19,20)(H,21,22). The Morgan fingerprint density at radius 1 is 1.00 bits per heavy atom. The van der Waals surface area contributed by atoms with Crippen molar-refractivity contribution in [1.82, 2.24) is 0 Å². The molecule has 2 unspecified atom stereocenters. The Kier molecular flexibility index (Phi) is 7.09. The van der Waals surface area contributed by atoms with E-state index >= 15 is 0 Å². The monoisotopic (exact) mass is 306 g/mol. The summed E-state index contributed by atoms with van der Waals surface area (Å²) in [5.74, 6) is -3.24. The highest BCUT2D eigenvalue weighted by Gasteiger charge is 2.25. The molecule has 0 fully saturated rings. The largest absolute Gasteiger partial charge is 0.481 e. The molecule has 4 nitrogen and oxygen atoms in total. The Bertz CT molecular complexity index is 522. The fraction of sp³-hybridized carbons (Fsp3) is 0.556. The molecule has 4 heteroatoms.